The number of carbonyl (C=O) groups excluding carboxylic acids is 2. The number of anilines is 1. The van der Waals surface area contributed by atoms with Crippen molar-refractivity contribution in [3.05, 3.63) is 90.5 Å². The van der Waals surface area contributed by atoms with Crippen molar-refractivity contribution in [3.8, 4) is 0 Å². The molecule has 0 aliphatic carbocycles. The second-order valence-electron chi connectivity index (χ2n) is 7.32. The van der Waals surface area contributed by atoms with Gasteiger partial charge in [-0.25, -0.2) is 4.98 Å². The maximum absolute atomic E-state index is 13.2. The van der Waals surface area contributed by atoms with E-state index in [1.807, 2.05) is 66.1 Å². The lowest BCUT2D eigenvalue weighted by molar-refractivity contribution is -0.119. The van der Waals surface area contributed by atoms with Crippen LogP contribution in [0.1, 0.15) is 23.1 Å². The van der Waals surface area contributed by atoms with Gasteiger partial charge in [0.05, 0.1) is 16.6 Å². The molecule has 0 aliphatic rings. The molecule has 4 rings (SSSR count). The molecular weight excluding hydrogens is 402 g/mol. The maximum atomic E-state index is 13.2. The van der Waals surface area contributed by atoms with Gasteiger partial charge >= 0.3 is 0 Å². The fourth-order valence-electron chi connectivity index (χ4n) is 3.71. The van der Waals surface area contributed by atoms with Crippen molar-refractivity contribution >= 4 is 28.5 Å². The summed E-state index contributed by atoms with van der Waals surface area (Å²) < 4.78 is 1.94. The quantitative estimate of drug-likeness (QED) is 0.467. The zero-order valence-corrected chi connectivity index (χ0v) is 17.9. The Hall–Kier alpha value is -4.00. The van der Waals surface area contributed by atoms with Crippen LogP contribution >= 0.6 is 0 Å². The molecule has 0 atom stereocenters. The van der Waals surface area contributed by atoms with E-state index in [2.05, 4.69) is 10.3 Å². The van der Waals surface area contributed by atoms with Crippen LogP contribution in [0.15, 0.2) is 79.1 Å². The van der Waals surface area contributed by atoms with Gasteiger partial charge in [0.2, 0.25) is 5.91 Å². The lowest BCUT2D eigenvalue weighted by atomic mass is 10.2. The van der Waals surface area contributed by atoms with Crippen molar-refractivity contribution in [3.63, 3.8) is 0 Å². The number of pyridine rings is 1. The molecule has 2 amide bonds. The van der Waals surface area contributed by atoms with E-state index >= 15 is 0 Å². The first-order valence-electron chi connectivity index (χ1n) is 10.6. The third kappa shape index (κ3) is 4.67. The van der Waals surface area contributed by atoms with Crippen molar-refractivity contribution in [2.24, 2.45) is 0 Å². The minimum absolute atomic E-state index is 0.0116. The van der Waals surface area contributed by atoms with Crippen LogP contribution in [0.4, 0.5) is 5.69 Å². The van der Waals surface area contributed by atoms with Crippen LogP contribution in [0.3, 0.4) is 0 Å². The van der Waals surface area contributed by atoms with Crippen LogP contribution in [0.5, 0.6) is 0 Å². The summed E-state index contributed by atoms with van der Waals surface area (Å²) in [5.41, 5.74) is 3.11. The van der Waals surface area contributed by atoms with Gasteiger partial charge in [0.25, 0.3) is 5.91 Å². The molecule has 1 N–H and O–H groups in total. The highest BCUT2D eigenvalue weighted by atomic mass is 16.2. The van der Waals surface area contributed by atoms with E-state index in [4.69, 9.17) is 4.98 Å². The average Bonchev–Trinajstić information content (AvgIpc) is 3.18. The van der Waals surface area contributed by atoms with Crippen LogP contribution in [0.2, 0.25) is 0 Å². The number of hydrogen-bond donors (Lipinski definition) is 1. The number of nitrogens with one attached hydrogen (secondary N) is 1. The first kappa shape index (κ1) is 21.2. The molecule has 0 aliphatic heterocycles. The molecule has 7 nitrogen and oxygen atoms in total. The number of hydrogen-bond acceptors (Lipinski definition) is 4. The van der Waals surface area contributed by atoms with Crippen LogP contribution in [-0.2, 0) is 17.8 Å². The highest BCUT2D eigenvalue weighted by Crippen LogP contribution is 2.19. The van der Waals surface area contributed by atoms with Gasteiger partial charge in [-0.1, -0.05) is 30.3 Å². The fraction of sp³-hybridized carbons (Fsp3) is 0.200. The minimum atomic E-state index is -0.182. The van der Waals surface area contributed by atoms with Crippen molar-refractivity contribution in [2.45, 2.75) is 19.9 Å². The van der Waals surface area contributed by atoms with Crippen molar-refractivity contribution in [1.82, 2.24) is 19.9 Å². The summed E-state index contributed by atoms with van der Waals surface area (Å²) in [6.45, 7) is 3.12. The van der Waals surface area contributed by atoms with Crippen molar-refractivity contribution in [2.75, 3.05) is 18.0 Å². The summed E-state index contributed by atoms with van der Waals surface area (Å²) in [5, 5.41) is 2.90. The molecule has 0 bridgehead atoms. The Kier molecular flexibility index (Phi) is 6.55. The molecular formula is C25H25N5O2. The standard InChI is InChI=1S/C25H25N5O2/c1-2-29(20-10-4-3-5-11-20)24(31)18-30-22-13-7-6-12-21(22)28-23(30)14-16-27-25(32)19-9-8-15-26-17-19/h3-13,15,17H,2,14,16,18H2,1H3,(H,27,32). The number of carbonyl (C=O) groups is 2. The average molecular weight is 428 g/mol. The molecule has 0 spiro atoms. The van der Waals surface area contributed by atoms with Gasteiger partial charge in [0.1, 0.15) is 12.4 Å². The molecule has 2 aromatic carbocycles. The molecule has 0 radical (unpaired) electrons. The second-order valence-corrected chi connectivity index (χ2v) is 7.32. The number of nitrogens with zero attached hydrogens (tertiary/aromatic N) is 4. The monoisotopic (exact) mass is 427 g/mol. The summed E-state index contributed by atoms with van der Waals surface area (Å²) in [6, 6.07) is 20.9. The zero-order valence-electron chi connectivity index (χ0n) is 17.9. The molecule has 0 unspecified atom stereocenters. The van der Waals surface area contributed by atoms with E-state index < -0.39 is 0 Å². The number of para-hydroxylation sites is 3. The van der Waals surface area contributed by atoms with E-state index in [1.54, 1.807) is 23.2 Å². The first-order chi connectivity index (χ1) is 15.7. The molecule has 4 aromatic rings. The molecule has 0 fully saturated rings. The Morgan fingerprint density at radius 1 is 1.00 bits per heavy atom. The van der Waals surface area contributed by atoms with E-state index in [0.29, 0.717) is 25.1 Å². The SMILES string of the molecule is CCN(C(=O)Cn1c(CCNC(=O)c2cccnc2)nc2ccccc21)c1ccccc1. The van der Waals surface area contributed by atoms with E-state index in [-0.39, 0.29) is 18.4 Å². The van der Waals surface area contributed by atoms with E-state index in [0.717, 1.165) is 22.5 Å². The van der Waals surface area contributed by atoms with E-state index in [1.165, 1.54) is 6.20 Å². The number of benzene rings is 2. The predicted octanol–water partition coefficient (Wildman–Crippen LogP) is 3.46. The molecule has 0 saturated heterocycles. The summed E-state index contributed by atoms with van der Waals surface area (Å²) in [4.78, 5) is 36.0. The highest BCUT2D eigenvalue weighted by molar-refractivity contribution is 5.94. The summed E-state index contributed by atoms with van der Waals surface area (Å²) >= 11 is 0. The largest absolute Gasteiger partial charge is 0.352 e. The third-order valence-electron chi connectivity index (χ3n) is 5.27. The van der Waals surface area contributed by atoms with Crippen molar-refractivity contribution < 1.29 is 9.59 Å². The van der Waals surface area contributed by atoms with Gasteiger partial charge in [-0.15, -0.1) is 0 Å². The molecule has 7 heteroatoms. The molecule has 2 aromatic heterocycles. The molecule has 32 heavy (non-hydrogen) atoms. The minimum Gasteiger partial charge on any atom is -0.352 e. The summed E-state index contributed by atoms with van der Waals surface area (Å²) in [6.07, 6.45) is 3.67. The number of amides is 2. The molecule has 0 saturated carbocycles. The van der Waals surface area contributed by atoms with Crippen LogP contribution in [0, 0.1) is 0 Å². The lowest BCUT2D eigenvalue weighted by Crippen LogP contribution is -2.34. The van der Waals surface area contributed by atoms with Gasteiger partial charge in [-0.05, 0) is 43.3 Å². The Labute approximate surface area is 186 Å². The topological polar surface area (TPSA) is 80.1 Å². The van der Waals surface area contributed by atoms with Gasteiger partial charge in [-0.3, -0.25) is 14.6 Å². The maximum Gasteiger partial charge on any atom is 0.252 e. The fourth-order valence-corrected chi connectivity index (χ4v) is 3.71. The normalized spacial score (nSPS) is 10.8. The molecule has 2 heterocycles. The first-order valence-corrected chi connectivity index (χ1v) is 10.6. The number of imidazole rings is 1. The molecule has 162 valence electrons. The predicted molar refractivity (Wildman–Crippen MR) is 124 cm³/mol. The number of likely N-dealkylation sites (N-methyl/N-ethyl adjacent to an activating group) is 1. The Morgan fingerprint density at radius 3 is 2.53 bits per heavy atom. The Morgan fingerprint density at radius 2 is 1.78 bits per heavy atom. The number of fused-ring (bicyclic) bond motifs is 1. The number of rotatable bonds is 8. The smallest absolute Gasteiger partial charge is 0.252 e. The number of aromatic nitrogens is 3. The Bertz CT molecular complexity index is 1200. The second kappa shape index (κ2) is 9.87. The van der Waals surface area contributed by atoms with Gasteiger partial charge in [-0.2, -0.15) is 0 Å². The van der Waals surface area contributed by atoms with Crippen LogP contribution in [-0.4, -0.2) is 39.4 Å². The van der Waals surface area contributed by atoms with Gasteiger partial charge < -0.3 is 14.8 Å². The Balaban J connectivity index is 1.52. The van der Waals surface area contributed by atoms with Crippen molar-refractivity contribution in [1.29, 1.82) is 0 Å². The van der Waals surface area contributed by atoms with E-state index in [9.17, 15) is 9.59 Å². The summed E-state index contributed by atoms with van der Waals surface area (Å²) in [5.74, 6) is 0.565. The summed E-state index contributed by atoms with van der Waals surface area (Å²) in [7, 11) is 0. The van der Waals surface area contributed by atoms with Gasteiger partial charge in [0, 0.05) is 37.6 Å². The highest BCUT2D eigenvalue weighted by Gasteiger charge is 2.18. The lowest BCUT2D eigenvalue weighted by Gasteiger charge is -2.22. The zero-order chi connectivity index (χ0) is 22.3. The van der Waals surface area contributed by atoms with Crippen LogP contribution in [0.25, 0.3) is 11.0 Å². The third-order valence-corrected chi connectivity index (χ3v) is 5.27. The van der Waals surface area contributed by atoms with Crippen LogP contribution < -0.4 is 10.2 Å². The van der Waals surface area contributed by atoms with Gasteiger partial charge in [0.15, 0.2) is 0 Å².